The molecule has 2 N–H and O–H groups in total. The van der Waals surface area contributed by atoms with Gasteiger partial charge in [-0.25, -0.2) is 4.39 Å². The molecule has 1 aliphatic heterocycles. The van der Waals surface area contributed by atoms with Crippen LogP contribution in [0.1, 0.15) is 56.9 Å². The zero-order valence-corrected chi connectivity index (χ0v) is 19.1. The quantitative estimate of drug-likeness (QED) is 0.657. The number of benzene rings is 1. The van der Waals surface area contributed by atoms with Crippen LogP contribution < -0.4 is 5.32 Å². The molecule has 2 fully saturated rings. The number of aliphatic hydroxyl groups excluding tert-OH is 1. The summed E-state index contributed by atoms with van der Waals surface area (Å²) < 4.78 is 19.9. The second-order valence-corrected chi connectivity index (χ2v) is 9.35. The molecule has 31 heavy (non-hydrogen) atoms. The van der Waals surface area contributed by atoms with Crippen LogP contribution in [0.4, 0.5) is 4.39 Å². The normalized spacial score (nSPS) is 28.5. The molecule has 0 spiro atoms. The third kappa shape index (κ3) is 6.97. The first-order chi connectivity index (χ1) is 14.8. The Morgan fingerprint density at radius 2 is 2.03 bits per heavy atom. The lowest BCUT2D eigenvalue weighted by atomic mass is 9.82. The number of rotatable bonds is 8. The predicted octanol–water partition coefficient (Wildman–Crippen LogP) is 2.72. The number of likely N-dealkylation sites (N-methyl/N-ethyl adjacent to an activating group) is 1. The van der Waals surface area contributed by atoms with Gasteiger partial charge >= 0.3 is 0 Å². The molecule has 1 saturated carbocycles. The lowest BCUT2D eigenvalue weighted by Gasteiger charge is -2.43. The summed E-state index contributed by atoms with van der Waals surface area (Å²) in [5.41, 5.74) is 1.08. The Morgan fingerprint density at radius 1 is 1.29 bits per heavy atom. The molecule has 1 amide bonds. The molecular formula is C24H38FN3O3. The first-order valence-electron chi connectivity index (χ1n) is 11.6. The zero-order chi connectivity index (χ0) is 22.4. The molecule has 6 nitrogen and oxygen atoms in total. The number of amides is 1. The highest BCUT2D eigenvalue weighted by Crippen LogP contribution is 2.34. The standard InChI is InChI=1S/C24H38FN3O3/c1-17(29)28-13-5-8-22(26-24(30)15-27(2)3)23(28)16-31-21-11-9-18(10-12-21)19-6-4-7-20(25)14-19/h4,6-7,14,17-18,21-23,29H,5,8-13,15-16H2,1-3H3,(H,26,30)/t17?,18-,21+,22?,23?. The van der Waals surface area contributed by atoms with Crippen molar-refractivity contribution in [3.8, 4) is 0 Å². The number of carbonyl (C=O) groups is 1. The van der Waals surface area contributed by atoms with Crippen molar-refractivity contribution in [3.63, 3.8) is 0 Å². The number of ether oxygens (including phenoxy) is 1. The lowest BCUT2D eigenvalue weighted by molar-refractivity contribution is -0.126. The predicted molar refractivity (Wildman–Crippen MR) is 119 cm³/mol. The maximum absolute atomic E-state index is 13.5. The minimum atomic E-state index is -0.578. The third-order valence-corrected chi connectivity index (χ3v) is 6.61. The highest BCUT2D eigenvalue weighted by molar-refractivity contribution is 5.78. The van der Waals surface area contributed by atoms with Crippen LogP contribution in [-0.2, 0) is 9.53 Å². The van der Waals surface area contributed by atoms with Crippen LogP contribution in [0.15, 0.2) is 24.3 Å². The Hall–Kier alpha value is -1.54. The molecule has 3 rings (SSSR count). The van der Waals surface area contributed by atoms with Gasteiger partial charge < -0.3 is 20.1 Å². The largest absolute Gasteiger partial charge is 0.379 e. The summed E-state index contributed by atoms with van der Waals surface area (Å²) in [6.07, 6.45) is 5.28. The average Bonchev–Trinajstić information content (AvgIpc) is 2.72. The number of hydrogen-bond acceptors (Lipinski definition) is 5. The number of hydrogen-bond donors (Lipinski definition) is 2. The maximum atomic E-state index is 13.5. The van der Waals surface area contributed by atoms with Crippen molar-refractivity contribution in [1.82, 2.24) is 15.1 Å². The molecule has 1 aromatic rings. The molecule has 0 radical (unpaired) electrons. The third-order valence-electron chi connectivity index (χ3n) is 6.61. The van der Waals surface area contributed by atoms with Gasteiger partial charge in [0.05, 0.1) is 25.3 Å². The molecule has 1 saturated heterocycles. The average molecular weight is 436 g/mol. The van der Waals surface area contributed by atoms with Crippen LogP contribution >= 0.6 is 0 Å². The van der Waals surface area contributed by atoms with Gasteiger partial charge in [0.1, 0.15) is 12.0 Å². The van der Waals surface area contributed by atoms with Gasteiger partial charge in [-0.1, -0.05) is 12.1 Å². The number of carbonyl (C=O) groups excluding carboxylic acids is 1. The van der Waals surface area contributed by atoms with Crippen LogP contribution in [-0.4, -0.2) is 79.0 Å². The van der Waals surface area contributed by atoms with Crippen LogP contribution in [0.3, 0.4) is 0 Å². The van der Waals surface area contributed by atoms with E-state index in [-0.39, 0.29) is 29.9 Å². The van der Waals surface area contributed by atoms with Gasteiger partial charge in [0.15, 0.2) is 0 Å². The van der Waals surface area contributed by atoms with Gasteiger partial charge in [-0.3, -0.25) is 9.69 Å². The number of piperidine rings is 1. The SMILES string of the molecule is CC(O)N1CCCC(NC(=O)CN(C)C)C1CO[C@H]1CC[C@@H](c2cccc(F)c2)CC1. The highest BCUT2D eigenvalue weighted by atomic mass is 19.1. The van der Waals surface area contributed by atoms with E-state index in [1.165, 1.54) is 6.07 Å². The van der Waals surface area contributed by atoms with Crippen LogP contribution in [0.2, 0.25) is 0 Å². The van der Waals surface area contributed by atoms with E-state index < -0.39 is 6.23 Å². The van der Waals surface area contributed by atoms with Crippen molar-refractivity contribution in [2.24, 2.45) is 0 Å². The molecule has 7 heteroatoms. The van der Waals surface area contributed by atoms with E-state index in [9.17, 15) is 14.3 Å². The summed E-state index contributed by atoms with van der Waals surface area (Å²) in [6, 6.07) is 6.86. The number of nitrogens with one attached hydrogen (secondary N) is 1. The second-order valence-electron chi connectivity index (χ2n) is 9.35. The van der Waals surface area contributed by atoms with Gasteiger partial charge in [0, 0.05) is 12.6 Å². The first-order valence-corrected chi connectivity index (χ1v) is 11.6. The van der Waals surface area contributed by atoms with Crippen LogP contribution in [0, 0.1) is 5.82 Å². The summed E-state index contributed by atoms with van der Waals surface area (Å²) in [5, 5.41) is 13.4. The van der Waals surface area contributed by atoms with E-state index in [4.69, 9.17) is 4.74 Å². The number of halogens is 1. The summed E-state index contributed by atoms with van der Waals surface area (Å²) in [5.74, 6) is 0.217. The topological polar surface area (TPSA) is 65.0 Å². The monoisotopic (exact) mass is 435 g/mol. The Balaban J connectivity index is 1.54. The van der Waals surface area contributed by atoms with Crippen molar-refractivity contribution in [2.75, 3.05) is 33.8 Å². The molecular weight excluding hydrogens is 397 g/mol. The highest BCUT2D eigenvalue weighted by Gasteiger charge is 2.35. The zero-order valence-electron chi connectivity index (χ0n) is 19.1. The summed E-state index contributed by atoms with van der Waals surface area (Å²) in [6.45, 7) is 3.43. The minimum Gasteiger partial charge on any atom is -0.379 e. The van der Waals surface area contributed by atoms with Gasteiger partial charge in [0.25, 0.3) is 0 Å². The maximum Gasteiger partial charge on any atom is 0.234 e. The van der Waals surface area contributed by atoms with Crippen LogP contribution in [0.5, 0.6) is 0 Å². The lowest BCUT2D eigenvalue weighted by Crippen LogP contribution is -2.60. The Bertz CT molecular complexity index is 707. The Kier molecular flexibility index (Phi) is 8.84. The molecule has 3 atom stereocenters. The molecule has 1 aliphatic carbocycles. The van der Waals surface area contributed by atoms with Gasteiger partial charge in [-0.05, 0) is 83.2 Å². The fourth-order valence-corrected chi connectivity index (χ4v) is 5.02. The van der Waals surface area contributed by atoms with Crippen molar-refractivity contribution >= 4 is 5.91 Å². The summed E-state index contributed by atoms with van der Waals surface area (Å²) >= 11 is 0. The first kappa shape index (κ1) is 24.1. The number of nitrogens with zero attached hydrogens (tertiary/aromatic N) is 2. The molecule has 1 heterocycles. The van der Waals surface area contributed by atoms with Gasteiger partial charge in [-0.15, -0.1) is 0 Å². The molecule has 0 bridgehead atoms. The summed E-state index contributed by atoms with van der Waals surface area (Å²) in [7, 11) is 3.76. The van der Waals surface area contributed by atoms with E-state index in [1.54, 1.807) is 19.1 Å². The fraction of sp³-hybridized carbons (Fsp3) is 0.708. The molecule has 1 aromatic carbocycles. The van der Waals surface area contributed by atoms with Crippen molar-refractivity contribution in [2.45, 2.75) is 75.8 Å². The van der Waals surface area contributed by atoms with Crippen molar-refractivity contribution < 1.29 is 19.0 Å². The molecule has 3 unspecified atom stereocenters. The van der Waals surface area contributed by atoms with Gasteiger partial charge in [0.2, 0.25) is 5.91 Å². The second kappa shape index (κ2) is 11.4. The minimum absolute atomic E-state index is 0.00282. The van der Waals surface area contributed by atoms with E-state index in [2.05, 4.69) is 5.32 Å². The molecule has 2 aliphatic rings. The van der Waals surface area contributed by atoms with Crippen molar-refractivity contribution in [3.05, 3.63) is 35.6 Å². The number of likely N-dealkylation sites (tertiary alicyclic amines) is 1. The van der Waals surface area contributed by atoms with Crippen molar-refractivity contribution in [1.29, 1.82) is 0 Å². The number of aliphatic hydroxyl groups is 1. The van der Waals surface area contributed by atoms with E-state index in [0.29, 0.717) is 19.1 Å². The fourth-order valence-electron chi connectivity index (χ4n) is 5.02. The summed E-state index contributed by atoms with van der Waals surface area (Å²) in [4.78, 5) is 16.2. The molecule has 174 valence electrons. The smallest absolute Gasteiger partial charge is 0.234 e. The van der Waals surface area contributed by atoms with E-state index in [1.807, 2.05) is 30.0 Å². The van der Waals surface area contributed by atoms with E-state index in [0.717, 1.165) is 50.6 Å². The van der Waals surface area contributed by atoms with Gasteiger partial charge in [-0.2, -0.15) is 0 Å². The van der Waals surface area contributed by atoms with Crippen LogP contribution in [0.25, 0.3) is 0 Å². The Morgan fingerprint density at radius 3 is 2.68 bits per heavy atom. The molecule has 0 aromatic heterocycles. The Labute approximate surface area is 185 Å². The van der Waals surface area contributed by atoms with E-state index >= 15 is 0 Å².